The summed E-state index contributed by atoms with van der Waals surface area (Å²) in [5.41, 5.74) is 2.23. The number of ether oxygens (including phenoxy) is 1. The van der Waals surface area contributed by atoms with Crippen LogP contribution in [-0.4, -0.2) is 43.0 Å². The van der Waals surface area contributed by atoms with Crippen molar-refractivity contribution in [3.05, 3.63) is 54.1 Å². The van der Waals surface area contributed by atoms with E-state index in [4.69, 9.17) is 4.74 Å². The van der Waals surface area contributed by atoms with Crippen LogP contribution in [0.4, 0.5) is 11.4 Å². The molecule has 2 aromatic carbocycles. The number of amides is 2. The molecule has 172 valence electrons. The van der Waals surface area contributed by atoms with Crippen molar-refractivity contribution in [3.63, 3.8) is 0 Å². The Balaban J connectivity index is 1.43. The average Bonchev–Trinajstić information content (AvgIpc) is 3.08. The number of rotatable bonds is 9. The van der Waals surface area contributed by atoms with Gasteiger partial charge in [-0.05, 0) is 73.7 Å². The quantitative estimate of drug-likeness (QED) is 0.567. The molecule has 0 saturated carbocycles. The molecule has 1 heterocycles. The molecule has 0 radical (unpaired) electrons. The highest BCUT2D eigenvalue weighted by Crippen LogP contribution is 2.17. The van der Waals surface area contributed by atoms with Crippen molar-refractivity contribution < 1.29 is 14.3 Å². The van der Waals surface area contributed by atoms with Crippen LogP contribution < -0.4 is 15.4 Å². The van der Waals surface area contributed by atoms with E-state index in [0.29, 0.717) is 18.1 Å². The summed E-state index contributed by atoms with van der Waals surface area (Å²) in [5.74, 6) is 1.37. The molecule has 3 rings (SSSR count). The van der Waals surface area contributed by atoms with Crippen LogP contribution >= 0.6 is 0 Å². The lowest BCUT2D eigenvalue weighted by Gasteiger charge is -2.20. The highest BCUT2D eigenvalue weighted by Gasteiger charge is 2.17. The van der Waals surface area contributed by atoms with Crippen LogP contribution in [0.3, 0.4) is 0 Å². The molecule has 0 atom stereocenters. The summed E-state index contributed by atoms with van der Waals surface area (Å²) in [5, 5.41) is 5.98. The van der Waals surface area contributed by atoms with E-state index in [0.717, 1.165) is 49.5 Å². The Morgan fingerprint density at radius 3 is 2.16 bits per heavy atom. The van der Waals surface area contributed by atoms with Gasteiger partial charge in [-0.1, -0.05) is 26.7 Å². The van der Waals surface area contributed by atoms with Gasteiger partial charge in [0.1, 0.15) is 5.75 Å². The van der Waals surface area contributed by atoms with Crippen LogP contribution in [0.25, 0.3) is 0 Å². The lowest BCUT2D eigenvalue weighted by Crippen LogP contribution is -2.31. The molecule has 1 saturated heterocycles. The third kappa shape index (κ3) is 7.59. The molecule has 32 heavy (non-hydrogen) atoms. The van der Waals surface area contributed by atoms with E-state index >= 15 is 0 Å². The Kier molecular flexibility index (Phi) is 8.96. The van der Waals surface area contributed by atoms with Gasteiger partial charge in [-0.15, -0.1) is 0 Å². The van der Waals surface area contributed by atoms with Crippen LogP contribution in [0.1, 0.15) is 56.3 Å². The highest BCUT2D eigenvalue weighted by molar-refractivity contribution is 5.95. The molecular formula is C26H35N3O3. The van der Waals surface area contributed by atoms with Gasteiger partial charge in [-0.25, -0.2) is 0 Å². The Bertz CT molecular complexity index is 855. The number of carbonyl (C=O) groups excluding carboxylic acids is 2. The maximum absolute atomic E-state index is 12.7. The number of likely N-dealkylation sites (tertiary alicyclic amines) is 1. The molecule has 0 unspecified atom stereocenters. The smallest absolute Gasteiger partial charge is 0.253 e. The monoisotopic (exact) mass is 437 g/mol. The van der Waals surface area contributed by atoms with E-state index in [1.807, 2.05) is 53.4 Å². The minimum Gasteiger partial charge on any atom is -0.494 e. The average molecular weight is 438 g/mol. The molecule has 1 aliphatic heterocycles. The van der Waals surface area contributed by atoms with Gasteiger partial charge in [0.15, 0.2) is 0 Å². The second-order valence-corrected chi connectivity index (χ2v) is 8.74. The fourth-order valence-electron chi connectivity index (χ4n) is 3.62. The number of carbonyl (C=O) groups is 2. The zero-order valence-corrected chi connectivity index (χ0v) is 19.2. The summed E-state index contributed by atoms with van der Waals surface area (Å²) >= 11 is 0. The Labute approximate surface area is 191 Å². The van der Waals surface area contributed by atoms with E-state index in [2.05, 4.69) is 24.5 Å². The lowest BCUT2D eigenvalue weighted by molar-refractivity contribution is -0.114. The topological polar surface area (TPSA) is 70.7 Å². The standard InChI is InChI=1S/C26H35N3O3/c1-20(2)15-18-32-24-13-11-23(12-14-24)28-25(30)19-27-22-9-7-21(8-10-22)26(31)29-16-5-3-4-6-17-29/h7-14,20,27H,3-6,15-19H2,1-2H3,(H,28,30). The summed E-state index contributed by atoms with van der Waals surface area (Å²) in [7, 11) is 0. The predicted octanol–water partition coefficient (Wildman–Crippen LogP) is 5.18. The first-order valence-corrected chi connectivity index (χ1v) is 11.7. The molecular weight excluding hydrogens is 402 g/mol. The van der Waals surface area contributed by atoms with Gasteiger partial charge in [0.25, 0.3) is 5.91 Å². The minimum atomic E-state index is -0.136. The van der Waals surface area contributed by atoms with Crippen LogP contribution in [0.2, 0.25) is 0 Å². The SMILES string of the molecule is CC(C)CCOc1ccc(NC(=O)CNc2ccc(C(=O)N3CCCCCC3)cc2)cc1. The van der Waals surface area contributed by atoms with Crippen molar-refractivity contribution in [1.82, 2.24) is 4.90 Å². The van der Waals surface area contributed by atoms with E-state index in [9.17, 15) is 9.59 Å². The number of benzene rings is 2. The van der Waals surface area contributed by atoms with Gasteiger partial charge >= 0.3 is 0 Å². The van der Waals surface area contributed by atoms with Gasteiger partial charge in [0.2, 0.25) is 5.91 Å². The zero-order valence-electron chi connectivity index (χ0n) is 19.2. The van der Waals surface area contributed by atoms with Gasteiger partial charge in [0, 0.05) is 30.0 Å². The second kappa shape index (κ2) is 12.1. The lowest BCUT2D eigenvalue weighted by atomic mass is 10.1. The van der Waals surface area contributed by atoms with Gasteiger partial charge in [-0.3, -0.25) is 9.59 Å². The van der Waals surface area contributed by atoms with Gasteiger partial charge in [-0.2, -0.15) is 0 Å². The first-order chi connectivity index (χ1) is 15.5. The molecule has 1 fully saturated rings. The van der Waals surface area contributed by atoms with Gasteiger partial charge < -0.3 is 20.3 Å². The molecule has 6 heteroatoms. The van der Waals surface area contributed by atoms with E-state index in [1.54, 1.807) is 0 Å². The van der Waals surface area contributed by atoms with Gasteiger partial charge in [0.05, 0.1) is 13.2 Å². The zero-order chi connectivity index (χ0) is 22.8. The number of nitrogens with zero attached hydrogens (tertiary/aromatic N) is 1. The van der Waals surface area contributed by atoms with Crippen LogP contribution in [0.5, 0.6) is 5.75 Å². The van der Waals surface area contributed by atoms with Crippen LogP contribution in [0, 0.1) is 5.92 Å². The summed E-state index contributed by atoms with van der Waals surface area (Å²) in [6.07, 6.45) is 5.57. The summed E-state index contributed by atoms with van der Waals surface area (Å²) in [6.45, 7) is 6.84. The number of nitrogens with one attached hydrogen (secondary N) is 2. The summed E-state index contributed by atoms with van der Waals surface area (Å²) in [4.78, 5) is 26.9. The fourth-order valence-corrected chi connectivity index (χ4v) is 3.62. The van der Waals surface area contributed by atoms with Crippen molar-refractivity contribution in [2.24, 2.45) is 5.92 Å². The number of hydrogen-bond donors (Lipinski definition) is 2. The first-order valence-electron chi connectivity index (χ1n) is 11.7. The molecule has 0 bridgehead atoms. The molecule has 1 aliphatic rings. The number of anilines is 2. The second-order valence-electron chi connectivity index (χ2n) is 8.74. The van der Waals surface area contributed by atoms with E-state index in [-0.39, 0.29) is 18.4 Å². The largest absolute Gasteiger partial charge is 0.494 e. The predicted molar refractivity (Wildman–Crippen MR) is 129 cm³/mol. The van der Waals surface area contributed by atoms with Crippen LogP contribution in [0.15, 0.2) is 48.5 Å². The third-order valence-electron chi connectivity index (χ3n) is 5.58. The van der Waals surface area contributed by atoms with Crippen molar-refractivity contribution in [2.75, 3.05) is 36.9 Å². The van der Waals surface area contributed by atoms with Crippen molar-refractivity contribution in [2.45, 2.75) is 46.0 Å². The maximum Gasteiger partial charge on any atom is 0.253 e. The third-order valence-corrected chi connectivity index (χ3v) is 5.58. The molecule has 6 nitrogen and oxygen atoms in total. The molecule has 2 amide bonds. The maximum atomic E-state index is 12.7. The summed E-state index contributed by atoms with van der Waals surface area (Å²) < 4.78 is 5.70. The van der Waals surface area contributed by atoms with E-state index in [1.165, 1.54) is 12.8 Å². The first kappa shape index (κ1) is 23.6. The minimum absolute atomic E-state index is 0.0906. The Hall–Kier alpha value is -3.02. The summed E-state index contributed by atoms with van der Waals surface area (Å²) in [6, 6.07) is 14.8. The fraction of sp³-hybridized carbons (Fsp3) is 0.462. The highest BCUT2D eigenvalue weighted by atomic mass is 16.5. The Morgan fingerprint density at radius 2 is 1.53 bits per heavy atom. The van der Waals surface area contributed by atoms with E-state index < -0.39 is 0 Å². The molecule has 0 spiro atoms. The Morgan fingerprint density at radius 1 is 0.906 bits per heavy atom. The molecule has 2 aromatic rings. The molecule has 0 aliphatic carbocycles. The molecule has 2 N–H and O–H groups in total. The number of hydrogen-bond acceptors (Lipinski definition) is 4. The van der Waals surface area contributed by atoms with Crippen LogP contribution in [-0.2, 0) is 4.79 Å². The molecule has 0 aromatic heterocycles. The van der Waals surface area contributed by atoms with Crippen molar-refractivity contribution >= 4 is 23.2 Å². The normalized spacial score (nSPS) is 14.0. The van der Waals surface area contributed by atoms with Crippen molar-refractivity contribution in [1.29, 1.82) is 0 Å². The van der Waals surface area contributed by atoms with Crippen molar-refractivity contribution in [3.8, 4) is 5.75 Å².